The predicted molar refractivity (Wildman–Crippen MR) is 75.9 cm³/mol. The van der Waals surface area contributed by atoms with Crippen LogP contribution in [-0.4, -0.2) is 42.0 Å². The van der Waals surface area contributed by atoms with Gasteiger partial charge in [-0.25, -0.2) is 0 Å². The van der Waals surface area contributed by atoms with Gasteiger partial charge in [0.2, 0.25) is 0 Å². The minimum absolute atomic E-state index is 0.0174. The van der Waals surface area contributed by atoms with Crippen LogP contribution in [0.3, 0.4) is 0 Å². The highest BCUT2D eigenvalue weighted by Gasteiger charge is 2.30. The molecule has 20 heavy (non-hydrogen) atoms. The Bertz CT molecular complexity index is 702. The van der Waals surface area contributed by atoms with Crippen LogP contribution in [0.5, 0.6) is 0 Å². The molecule has 5 heteroatoms. The summed E-state index contributed by atoms with van der Waals surface area (Å²) in [6, 6.07) is 8.92. The quantitative estimate of drug-likeness (QED) is 0.829. The number of nitrogens with zero attached hydrogens (tertiary/aromatic N) is 1. The number of anilines is 1. The second-order valence-electron chi connectivity index (χ2n) is 4.71. The van der Waals surface area contributed by atoms with Crippen LogP contribution >= 0.6 is 0 Å². The van der Waals surface area contributed by atoms with Gasteiger partial charge in [-0.05, 0) is 18.2 Å². The van der Waals surface area contributed by atoms with E-state index in [9.17, 15) is 9.59 Å². The Morgan fingerprint density at radius 1 is 1.10 bits per heavy atom. The van der Waals surface area contributed by atoms with Crippen molar-refractivity contribution in [2.45, 2.75) is 0 Å². The van der Waals surface area contributed by atoms with Crippen LogP contribution in [0.2, 0.25) is 0 Å². The predicted octanol–water partition coefficient (Wildman–Crippen LogP) is 1.47. The van der Waals surface area contributed by atoms with Crippen molar-refractivity contribution >= 4 is 28.3 Å². The molecule has 0 spiro atoms. The summed E-state index contributed by atoms with van der Waals surface area (Å²) in [4.78, 5) is 25.5. The van der Waals surface area contributed by atoms with Crippen LogP contribution in [0.1, 0.15) is 20.7 Å². The van der Waals surface area contributed by atoms with Crippen molar-refractivity contribution in [1.29, 1.82) is 0 Å². The average Bonchev–Trinajstić information content (AvgIpc) is 2.48. The molecule has 0 fully saturated rings. The van der Waals surface area contributed by atoms with Crippen molar-refractivity contribution in [2.24, 2.45) is 0 Å². The van der Waals surface area contributed by atoms with Crippen LogP contribution in [0.4, 0.5) is 5.69 Å². The first kappa shape index (κ1) is 12.6. The number of nitrogens with one attached hydrogen (secondary N) is 1. The molecule has 0 atom stereocenters. The molecule has 0 saturated carbocycles. The molecular formula is C15H14N2O3. The van der Waals surface area contributed by atoms with Gasteiger partial charge in [0.1, 0.15) is 0 Å². The highest BCUT2D eigenvalue weighted by atomic mass is 16.3. The van der Waals surface area contributed by atoms with Crippen LogP contribution in [0.25, 0.3) is 10.8 Å². The Labute approximate surface area is 115 Å². The van der Waals surface area contributed by atoms with Gasteiger partial charge in [0.15, 0.2) is 0 Å². The summed E-state index contributed by atoms with van der Waals surface area (Å²) in [5.74, 6) is -0.570. The summed E-state index contributed by atoms with van der Waals surface area (Å²) in [5, 5.41) is 13.5. The van der Waals surface area contributed by atoms with Gasteiger partial charge in [0, 0.05) is 41.2 Å². The molecule has 2 aromatic carbocycles. The third kappa shape index (κ3) is 1.67. The number of hydrogen-bond acceptors (Lipinski definition) is 4. The Hall–Kier alpha value is -2.40. The van der Waals surface area contributed by atoms with Crippen molar-refractivity contribution in [3.63, 3.8) is 0 Å². The highest BCUT2D eigenvalue weighted by Crippen LogP contribution is 2.33. The van der Waals surface area contributed by atoms with Crippen molar-refractivity contribution in [3.05, 3.63) is 41.5 Å². The zero-order chi connectivity index (χ0) is 14.3. The van der Waals surface area contributed by atoms with E-state index in [0.29, 0.717) is 23.1 Å². The molecule has 2 amide bonds. The summed E-state index contributed by atoms with van der Waals surface area (Å²) in [7, 11) is 1.49. The van der Waals surface area contributed by atoms with E-state index >= 15 is 0 Å². The average molecular weight is 270 g/mol. The number of aliphatic hydroxyl groups is 1. The van der Waals surface area contributed by atoms with Gasteiger partial charge in [-0.1, -0.05) is 12.1 Å². The third-order valence-corrected chi connectivity index (χ3v) is 3.54. The smallest absolute Gasteiger partial charge is 0.261 e. The van der Waals surface area contributed by atoms with E-state index in [-0.39, 0.29) is 18.4 Å². The van der Waals surface area contributed by atoms with Gasteiger partial charge in [-0.15, -0.1) is 0 Å². The van der Waals surface area contributed by atoms with Gasteiger partial charge in [-0.3, -0.25) is 14.5 Å². The topological polar surface area (TPSA) is 69.6 Å². The maximum atomic E-state index is 12.2. The lowest BCUT2D eigenvalue weighted by molar-refractivity contribution is 0.0651. The zero-order valence-electron chi connectivity index (χ0n) is 11.0. The Morgan fingerprint density at radius 2 is 1.80 bits per heavy atom. The fourth-order valence-corrected chi connectivity index (χ4v) is 2.56. The first-order valence-electron chi connectivity index (χ1n) is 6.38. The molecule has 0 radical (unpaired) electrons. The number of amides is 2. The number of carbonyl (C=O) groups is 2. The Morgan fingerprint density at radius 3 is 2.50 bits per heavy atom. The van der Waals surface area contributed by atoms with E-state index < -0.39 is 0 Å². The number of imide groups is 1. The second-order valence-corrected chi connectivity index (χ2v) is 4.71. The van der Waals surface area contributed by atoms with Gasteiger partial charge >= 0.3 is 0 Å². The molecule has 0 aliphatic carbocycles. The standard InChI is InChI=1S/C15H14N2O3/c1-17-14(19)10-4-2-3-9-12(16-7-8-18)6-5-11(13(9)10)15(17)20/h2-6,16,18H,7-8H2,1H3. The molecule has 1 aliphatic heterocycles. The van der Waals surface area contributed by atoms with E-state index in [1.807, 2.05) is 6.07 Å². The summed E-state index contributed by atoms with van der Waals surface area (Å²) < 4.78 is 0. The Kier molecular flexibility index (Phi) is 2.91. The minimum Gasteiger partial charge on any atom is -0.395 e. The molecule has 0 aromatic heterocycles. The van der Waals surface area contributed by atoms with Crippen LogP contribution in [0.15, 0.2) is 30.3 Å². The summed E-state index contributed by atoms with van der Waals surface area (Å²) in [6.07, 6.45) is 0. The number of rotatable bonds is 3. The van der Waals surface area contributed by atoms with Gasteiger partial charge in [0.05, 0.1) is 6.61 Å². The number of carbonyl (C=O) groups excluding carboxylic acids is 2. The zero-order valence-corrected chi connectivity index (χ0v) is 11.0. The lowest BCUT2D eigenvalue weighted by Gasteiger charge is -2.24. The molecule has 0 bridgehead atoms. The normalized spacial score (nSPS) is 14.0. The molecule has 0 unspecified atom stereocenters. The lowest BCUT2D eigenvalue weighted by atomic mass is 9.93. The summed E-state index contributed by atoms with van der Waals surface area (Å²) >= 11 is 0. The summed E-state index contributed by atoms with van der Waals surface area (Å²) in [5.41, 5.74) is 1.88. The fraction of sp³-hybridized carbons (Fsp3) is 0.200. The SMILES string of the molecule is CN1C(=O)c2cccc3c(NCCO)ccc(c23)C1=O. The number of benzene rings is 2. The Balaban J connectivity index is 2.29. The number of hydrogen-bond donors (Lipinski definition) is 2. The van der Waals surface area contributed by atoms with Crippen LogP contribution in [-0.2, 0) is 0 Å². The fourth-order valence-electron chi connectivity index (χ4n) is 2.56. The molecule has 3 rings (SSSR count). The van der Waals surface area contributed by atoms with E-state index in [0.717, 1.165) is 16.0 Å². The highest BCUT2D eigenvalue weighted by molar-refractivity contribution is 6.26. The van der Waals surface area contributed by atoms with E-state index in [1.165, 1.54) is 7.05 Å². The van der Waals surface area contributed by atoms with Crippen molar-refractivity contribution in [2.75, 3.05) is 25.5 Å². The minimum atomic E-state index is -0.285. The lowest BCUT2D eigenvalue weighted by Crippen LogP contribution is -2.36. The van der Waals surface area contributed by atoms with Gasteiger partial charge in [-0.2, -0.15) is 0 Å². The first-order valence-corrected chi connectivity index (χ1v) is 6.38. The van der Waals surface area contributed by atoms with Gasteiger partial charge < -0.3 is 10.4 Å². The first-order chi connectivity index (χ1) is 9.65. The molecule has 1 aliphatic rings. The van der Waals surface area contributed by atoms with Crippen LogP contribution < -0.4 is 5.32 Å². The maximum Gasteiger partial charge on any atom is 0.261 e. The van der Waals surface area contributed by atoms with E-state index in [4.69, 9.17) is 5.11 Å². The summed E-state index contributed by atoms with van der Waals surface area (Å²) in [6.45, 7) is 0.435. The van der Waals surface area contributed by atoms with Crippen molar-refractivity contribution in [3.8, 4) is 0 Å². The molecule has 102 valence electrons. The van der Waals surface area contributed by atoms with Crippen molar-refractivity contribution < 1.29 is 14.7 Å². The van der Waals surface area contributed by atoms with Crippen molar-refractivity contribution in [1.82, 2.24) is 4.90 Å². The van der Waals surface area contributed by atoms with Gasteiger partial charge in [0.25, 0.3) is 11.8 Å². The molecule has 5 nitrogen and oxygen atoms in total. The number of aliphatic hydroxyl groups excluding tert-OH is 1. The second kappa shape index (κ2) is 4.61. The molecular weight excluding hydrogens is 256 g/mol. The monoisotopic (exact) mass is 270 g/mol. The van der Waals surface area contributed by atoms with Crippen LogP contribution in [0, 0.1) is 0 Å². The molecule has 2 N–H and O–H groups in total. The molecule has 1 heterocycles. The van der Waals surface area contributed by atoms with E-state index in [2.05, 4.69) is 5.32 Å². The largest absolute Gasteiger partial charge is 0.395 e. The maximum absolute atomic E-state index is 12.2. The third-order valence-electron chi connectivity index (χ3n) is 3.54. The van der Waals surface area contributed by atoms with E-state index in [1.54, 1.807) is 24.3 Å². The molecule has 0 saturated heterocycles. The molecule has 2 aromatic rings.